The van der Waals surface area contributed by atoms with E-state index in [1.165, 1.54) is 0 Å². The molecule has 5 heteroatoms. The van der Waals surface area contributed by atoms with Crippen LogP contribution in [0.4, 0.5) is 0 Å². The zero-order chi connectivity index (χ0) is 10.5. The Morgan fingerprint density at radius 3 is 3.20 bits per heavy atom. The largest absolute Gasteiger partial charge is 0.462 e. The summed E-state index contributed by atoms with van der Waals surface area (Å²) in [6.07, 6.45) is 1.64. The first-order valence-electron chi connectivity index (χ1n) is 4.66. The maximum Gasteiger partial charge on any atom is 0.162 e. The van der Waals surface area contributed by atoms with Crippen molar-refractivity contribution < 1.29 is 9.15 Å². The number of nitrogens with two attached hydrogens (primary N) is 1. The highest BCUT2D eigenvalue weighted by Crippen LogP contribution is 2.23. The first-order chi connectivity index (χ1) is 7.40. The third-order valence-corrected chi connectivity index (χ3v) is 2.70. The molecular weight excluding hydrogens is 212 g/mol. The molecule has 0 atom stereocenters. The molecule has 0 aliphatic heterocycles. The first kappa shape index (κ1) is 10.4. The lowest BCUT2D eigenvalue weighted by molar-refractivity contribution is 0.126. The lowest BCUT2D eigenvalue weighted by Crippen LogP contribution is -2.08. The smallest absolute Gasteiger partial charge is 0.162 e. The molecular formula is C10H12N2O2S. The van der Waals surface area contributed by atoms with Crippen molar-refractivity contribution in [2.45, 2.75) is 6.61 Å². The van der Waals surface area contributed by atoms with Gasteiger partial charge in [-0.15, -0.1) is 11.3 Å². The molecule has 0 unspecified atom stereocenters. The van der Waals surface area contributed by atoms with Gasteiger partial charge in [-0.3, -0.25) is 0 Å². The average Bonchev–Trinajstić information content (AvgIpc) is 2.87. The SMILES string of the molecule is NCCOCc1csc(-c2ccco2)n1. The van der Waals surface area contributed by atoms with E-state index in [2.05, 4.69) is 4.98 Å². The highest BCUT2D eigenvalue weighted by atomic mass is 32.1. The maximum atomic E-state index is 5.32. The minimum absolute atomic E-state index is 0.508. The standard InChI is InChI=1S/C10H12N2O2S/c11-3-5-13-6-8-7-15-10(12-8)9-2-1-4-14-9/h1-2,4,7H,3,5-6,11H2. The number of nitrogens with zero attached hydrogens (tertiary/aromatic N) is 1. The molecule has 2 aromatic rings. The Kier molecular flexibility index (Phi) is 3.49. The Morgan fingerprint density at radius 1 is 1.53 bits per heavy atom. The van der Waals surface area contributed by atoms with Crippen LogP contribution in [0.25, 0.3) is 10.8 Å². The molecule has 0 saturated heterocycles. The van der Waals surface area contributed by atoms with Gasteiger partial charge in [0.2, 0.25) is 0 Å². The molecule has 4 nitrogen and oxygen atoms in total. The van der Waals surface area contributed by atoms with Gasteiger partial charge in [0.25, 0.3) is 0 Å². The van der Waals surface area contributed by atoms with Gasteiger partial charge < -0.3 is 14.9 Å². The summed E-state index contributed by atoms with van der Waals surface area (Å²) < 4.78 is 10.5. The molecule has 2 aromatic heterocycles. The number of rotatable bonds is 5. The summed E-state index contributed by atoms with van der Waals surface area (Å²) in [4.78, 5) is 4.38. The van der Waals surface area contributed by atoms with Gasteiger partial charge in [0.15, 0.2) is 10.8 Å². The second-order valence-electron chi connectivity index (χ2n) is 2.96. The zero-order valence-electron chi connectivity index (χ0n) is 8.18. The number of furan rings is 1. The van der Waals surface area contributed by atoms with Crippen LogP contribution < -0.4 is 5.73 Å². The van der Waals surface area contributed by atoms with E-state index in [1.807, 2.05) is 17.5 Å². The zero-order valence-corrected chi connectivity index (χ0v) is 9.00. The van der Waals surface area contributed by atoms with Crippen LogP contribution in [0.15, 0.2) is 28.2 Å². The first-order valence-corrected chi connectivity index (χ1v) is 5.54. The van der Waals surface area contributed by atoms with Gasteiger partial charge in [-0.05, 0) is 12.1 Å². The highest BCUT2D eigenvalue weighted by Gasteiger charge is 2.06. The fraction of sp³-hybridized carbons (Fsp3) is 0.300. The summed E-state index contributed by atoms with van der Waals surface area (Å²) in [5.41, 5.74) is 6.23. The summed E-state index contributed by atoms with van der Waals surface area (Å²) in [6, 6.07) is 3.74. The number of thiazole rings is 1. The van der Waals surface area contributed by atoms with Crippen LogP contribution in [0.5, 0.6) is 0 Å². The van der Waals surface area contributed by atoms with E-state index >= 15 is 0 Å². The molecule has 0 radical (unpaired) electrons. The van der Waals surface area contributed by atoms with Crippen LogP contribution in [0.2, 0.25) is 0 Å². The van der Waals surface area contributed by atoms with Crippen molar-refractivity contribution in [1.29, 1.82) is 0 Å². The lowest BCUT2D eigenvalue weighted by Gasteiger charge is -1.97. The Morgan fingerprint density at radius 2 is 2.47 bits per heavy atom. The summed E-state index contributed by atoms with van der Waals surface area (Å²) in [5, 5.41) is 2.85. The quantitative estimate of drug-likeness (QED) is 0.788. The van der Waals surface area contributed by atoms with E-state index in [-0.39, 0.29) is 0 Å². The van der Waals surface area contributed by atoms with Gasteiger partial charge in [0, 0.05) is 11.9 Å². The Labute approximate surface area is 91.7 Å². The van der Waals surface area contributed by atoms with E-state index in [1.54, 1.807) is 17.6 Å². The van der Waals surface area contributed by atoms with Gasteiger partial charge in [0.05, 0.1) is 25.2 Å². The van der Waals surface area contributed by atoms with Crippen LogP contribution in [-0.4, -0.2) is 18.1 Å². The van der Waals surface area contributed by atoms with E-state index in [0.29, 0.717) is 19.8 Å². The molecule has 0 bridgehead atoms. The monoisotopic (exact) mass is 224 g/mol. The molecule has 0 saturated carbocycles. The molecule has 2 N–H and O–H groups in total. The lowest BCUT2D eigenvalue weighted by atomic mass is 10.4. The van der Waals surface area contributed by atoms with E-state index in [9.17, 15) is 0 Å². The van der Waals surface area contributed by atoms with Gasteiger partial charge in [-0.25, -0.2) is 4.98 Å². The molecule has 0 amide bonds. The van der Waals surface area contributed by atoms with Crippen LogP contribution >= 0.6 is 11.3 Å². The molecule has 80 valence electrons. The number of hydrogen-bond donors (Lipinski definition) is 1. The molecule has 0 fully saturated rings. The molecule has 2 heterocycles. The second-order valence-corrected chi connectivity index (χ2v) is 3.82. The molecule has 0 aliphatic rings. The number of hydrogen-bond acceptors (Lipinski definition) is 5. The van der Waals surface area contributed by atoms with Crippen molar-refractivity contribution >= 4 is 11.3 Å². The van der Waals surface area contributed by atoms with E-state index < -0.39 is 0 Å². The van der Waals surface area contributed by atoms with Gasteiger partial charge in [0.1, 0.15) is 0 Å². The maximum absolute atomic E-state index is 5.32. The predicted molar refractivity (Wildman–Crippen MR) is 58.5 cm³/mol. The number of aromatic nitrogens is 1. The normalized spacial score (nSPS) is 10.7. The van der Waals surface area contributed by atoms with Crippen LogP contribution in [0, 0.1) is 0 Å². The van der Waals surface area contributed by atoms with Crippen LogP contribution in [0.1, 0.15) is 5.69 Å². The fourth-order valence-corrected chi connectivity index (χ4v) is 1.92. The van der Waals surface area contributed by atoms with Crippen molar-refractivity contribution in [1.82, 2.24) is 4.98 Å². The molecule has 0 aromatic carbocycles. The Hall–Kier alpha value is -1.17. The van der Waals surface area contributed by atoms with Gasteiger partial charge >= 0.3 is 0 Å². The topological polar surface area (TPSA) is 61.3 Å². The molecule has 15 heavy (non-hydrogen) atoms. The Balaban J connectivity index is 1.98. The fourth-order valence-electron chi connectivity index (χ4n) is 1.15. The molecule has 2 rings (SSSR count). The summed E-state index contributed by atoms with van der Waals surface area (Å²) in [6.45, 7) is 1.61. The van der Waals surface area contributed by atoms with E-state index in [4.69, 9.17) is 14.9 Å². The highest BCUT2D eigenvalue weighted by molar-refractivity contribution is 7.13. The summed E-state index contributed by atoms with van der Waals surface area (Å²) in [7, 11) is 0. The van der Waals surface area contributed by atoms with E-state index in [0.717, 1.165) is 16.5 Å². The summed E-state index contributed by atoms with van der Waals surface area (Å²) in [5.74, 6) is 0.796. The average molecular weight is 224 g/mol. The predicted octanol–water partition coefficient (Wildman–Crippen LogP) is 1.88. The van der Waals surface area contributed by atoms with Crippen molar-refractivity contribution in [3.63, 3.8) is 0 Å². The van der Waals surface area contributed by atoms with Gasteiger partial charge in [-0.1, -0.05) is 0 Å². The minimum atomic E-state index is 0.508. The Bertz CT molecular complexity index is 397. The van der Waals surface area contributed by atoms with Crippen molar-refractivity contribution in [3.05, 3.63) is 29.5 Å². The number of ether oxygens (including phenoxy) is 1. The van der Waals surface area contributed by atoms with Crippen LogP contribution in [0.3, 0.4) is 0 Å². The van der Waals surface area contributed by atoms with Crippen LogP contribution in [-0.2, 0) is 11.3 Å². The van der Waals surface area contributed by atoms with Gasteiger partial charge in [-0.2, -0.15) is 0 Å². The molecule has 0 spiro atoms. The second kappa shape index (κ2) is 5.06. The van der Waals surface area contributed by atoms with Crippen molar-refractivity contribution in [2.75, 3.05) is 13.2 Å². The third-order valence-electron chi connectivity index (χ3n) is 1.80. The van der Waals surface area contributed by atoms with Crippen molar-refractivity contribution in [3.8, 4) is 10.8 Å². The summed E-state index contributed by atoms with van der Waals surface area (Å²) >= 11 is 1.55. The molecule has 0 aliphatic carbocycles. The van der Waals surface area contributed by atoms with Crippen molar-refractivity contribution in [2.24, 2.45) is 5.73 Å². The minimum Gasteiger partial charge on any atom is -0.462 e. The third kappa shape index (κ3) is 2.65.